The highest BCUT2D eigenvalue weighted by molar-refractivity contribution is 5.93. The lowest BCUT2D eigenvalue weighted by molar-refractivity contribution is -0.114. The summed E-state index contributed by atoms with van der Waals surface area (Å²) < 4.78 is 0. The molecule has 142 valence electrons. The standard InChI is InChI=1S/C21H21N5O2/c1-14-5-3-4-6-16(14)12-22-21(28)19-11-20(24-13-23-19)26-18-9-7-17(8-10-18)25-15(2)27/h3-11,13H,12H2,1-2H3,(H,22,28)(H,25,27)(H,23,24,26). The molecule has 28 heavy (non-hydrogen) atoms. The van der Waals surface area contributed by atoms with Crippen LogP contribution in [0.4, 0.5) is 17.2 Å². The SMILES string of the molecule is CC(=O)Nc1ccc(Nc2cc(C(=O)NCc3ccccc3C)ncn2)cc1. The highest BCUT2D eigenvalue weighted by atomic mass is 16.2. The summed E-state index contributed by atoms with van der Waals surface area (Å²) in [4.78, 5) is 31.7. The summed E-state index contributed by atoms with van der Waals surface area (Å²) in [5.41, 5.74) is 3.94. The third-order valence-electron chi connectivity index (χ3n) is 4.08. The van der Waals surface area contributed by atoms with Crippen molar-refractivity contribution in [2.45, 2.75) is 20.4 Å². The average molecular weight is 375 g/mol. The molecule has 7 heteroatoms. The van der Waals surface area contributed by atoms with Crippen molar-refractivity contribution in [3.8, 4) is 0 Å². The zero-order valence-corrected chi connectivity index (χ0v) is 15.7. The van der Waals surface area contributed by atoms with Gasteiger partial charge in [-0.15, -0.1) is 0 Å². The first-order valence-corrected chi connectivity index (χ1v) is 8.81. The average Bonchev–Trinajstić information content (AvgIpc) is 2.68. The highest BCUT2D eigenvalue weighted by Crippen LogP contribution is 2.18. The zero-order chi connectivity index (χ0) is 19.9. The maximum Gasteiger partial charge on any atom is 0.270 e. The maximum absolute atomic E-state index is 12.4. The Balaban J connectivity index is 1.64. The first-order chi connectivity index (χ1) is 13.5. The normalized spacial score (nSPS) is 10.2. The van der Waals surface area contributed by atoms with Crippen LogP contribution in [0.2, 0.25) is 0 Å². The van der Waals surface area contributed by atoms with Crippen molar-refractivity contribution in [3.05, 3.63) is 77.7 Å². The van der Waals surface area contributed by atoms with Crippen molar-refractivity contribution >= 4 is 29.0 Å². The van der Waals surface area contributed by atoms with Gasteiger partial charge >= 0.3 is 0 Å². The van der Waals surface area contributed by atoms with Crippen molar-refractivity contribution < 1.29 is 9.59 Å². The second-order valence-corrected chi connectivity index (χ2v) is 6.28. The van der Waals surface area contributed by atoms with E-state index in [-0.39, 0.29) is 17.5 Å². The molecule has 0 aliphatic rings. The van der Waals surface area contributed by atoms with Gasteiger partial charge in [-0.25, -0.2) is 9.97 Å². The van der Waals surface area contributed by atoms with Gasteiger partial charge in [0.05, 0.1) is 0 Å². The highest BCUT2D eigenvalue weighted by Gasteiger charge is 2.09. The topological polar surface area (TPSA) is 96.0 Å². The molecule has 0 radical (unpaired) electrons. The minimum atomic E-state index is -0.269. The molecule has 1 aromatic heterocycles. The fourth-order valence-corrected chi connectivity index (χ4v) is 2.61. The molecule has 0 spiro atoms. The molecule has 3 aromatic rings. The Morgan fingerprint density at radius 1 is 0.964 bits per heavy atom. The number of hydrogen-bond donors (Lipinski definition) is 3. The molecule has 7 nitrogen and oxygen atoms in total. The fraction of sp³-hybridized carbons (Fsp3) is 0.143. The predicted molar refractivity (Wildman–Crippen MR) is 108 cm³/mol. The number of carbonyl (C=O) groups excluding carboxylic acids is 2. The fourth-order valence-electron chi connectivity index (χ4n) is 2.61. The number of benzene rings is 2. The van der Waals surface area contributed by atoms with Crippen LogP contribution in [0.5, 0.6) is 0 Å². The van der Waals surface area contributed by atoms with Crippen molar-refractivity contribution in [1.29, 1.82) is 0 Å². The molecule has 2 amide bonds. The Hall–Kier alpha value is -3.74. The zero-order valence-electron chi connectivity index (χ0n) is 15.7. The molecule has 0 saturated carbocycles. The van der Waals surface area contributed by atoms with Crippen molar-refractivity contribution in [2.75, 3.05) is 10.6 Å². The second kappa shape index (κ2) is 8.77. The summed E-state index contributed by atoms with van der Waals surface area (Å²) in [6.07, 6.45) is 1.34. The van der Waals surface area contributed by atoms with Gasteiger partial charge in [-0.2, -0.15) is 0 Å². The van der Waals surface area contributed by atoms with E-state index in [1.807, 2.05) is 43.3 Å². The molecule has 1 heterocycles. The van der Waals surface area contributed by atoms with Gasteiger partial charge < -0.3 is 16.0 Å². The largest absolute Gasteiger partial charge is 0.347 e. The van der Waals surface area contributed by atoms with Gasteiger partial charge in [-0.3, -0.25) is 9.59 Å². The summed E-state index contributed by atoms with van der Waals surface area (Å²) in [6.45, 7) is 3.90. The Kier molecular flexibility index (Phi) is 5.96. The number of nitrogens with zero attached hydrogens (tertiary/aromatic N) is 2. The number of hydrogen-bond acceptors (Lipinski definition) is 5. The quantitative estimate of drug-likeness (QED) is 0.613. The van der Waals surface area contributed by atoms with Crippen LogP contribution in [0, 0.1) is 6.92 Å². The molecular weight excluding hydrogens is 354 g/mol. The van der Waals surface area contributed by atoms with E-state index in [1.165, 1.54) is 13.3 Å². The summed E-state index contributed by atoms with van der Waals surface area (Å²) >= 11 is 0. The molecule has 0 bridgehead atoms. The summed E-state index contributed by atoms with van der Waals surface area (Å²) in [7, 11) is 0. The third-order valence-corrected chi connectivity index (χ3v) is 4.08. The Labute approximate surface area is 163 Å². The van der Waals surface area contributed by atoms with Crippen LogP contribution in [0.25, 0.3) is 0 Å². The van der Waals surface area contributed by atoms with Crippen molar-refractivity contribution in [2.24, 2.45) is 0 Å². The summed E-state index contributed by atoms with van der Waals surface area (Å²) in [5.74, 6) is 0.107. The number of amides is 2. The summed E-state index contributed by atoms with van der Waals surface area (Å²) in [6, 6.07) is 16.7. The van der Waals surface area contributed by atoms with Crippen LogP contribution in [-0.2, 0) is 11.3 Å². The molecule has 0 fully saturated rings. The Morgan fingerprint density at radius 3 is 2.39 bits per heavy atom. The molecule has 2 aromatic carbocycles. The number of carbonyl (C=O) groups is 2. The third kappa shape index (κ3) is 5.14. The van der Waals surface area contributed by atoms with Crippen LogP contribution >= 0.6 is 0 Å². The van der Waals surface area contributed by atoms with Crippen LogP contribution in [0.15, 0.2) is 60.9 Å². The van der Waals surface area contributed by atoms with Crippen molar-refractivity contribution in [1.82, 2.24) is 15.3 Å². The van der Waals surface area contributed by atoms with E-state index in [2.05, 4.69) is 25.9 Å². The van der Waals surface area contributed by atoms with E-state index in [0.29, 0.717) is 18.1 Å². The second-order valence-electron chi connectivity index (χ2n) is 6.28. The molecule has 0 unspecified atom stereocenters. The number of aryl methyl sites for hydroxylation is 1. The van der Waals surface area contributed by atoms with E-state index in [0.717, 1.165) is 16.8 Å². The van der Waals surface area contributed by atoms with Gasteiger partial charge in [-0.1, -0.05) is 24.3 Å². The van der Waals surface area contributed by atoms with Crippen molar-refractivity contribution in [3.63, 3.8) is 0 Å². The Morgan fingerprint density at radius 2 is 1.68 bits per heavy atom. The van der Waals surface area contributed by atoms with Gasteiger partial charge in [-0.05, 0) is 42.3 Å². The van der Waals surface area contributed by atoms with E-state index in [9.17, 15) is 9.59 Å². The molecule has 0 aliphatic carbocycles. The molecule has 0 aliphatic heterocycles. The first kappa shape index (κ1) is 19.0. The van der Waals surface area contributed by atoms with Crippen LogP contribution < -0.4 is 16.0 Å². The van der Waals surface area contributed by atoms with E-state index >= 15 is 0 Å². The van der Waals surface area contributed by atoms with Gasteiger partial charge in [0.1, 0.15) is 17.8 Å². The lowest BCUT2D eigenvalue weighted by Gasteiger charge is -2.09. The molecular formula is C21H21N5O2. The minimum absolute atomic E-state index is 0.127. The predicted octanol–water partition coefficient (Wildman–Crippen LogP) is 3.42. The number of aromatic nitrogens is 2. The van der Waals surface area contributed by atoms with Gasteiger partial charge in [0.2, 0.25) is 5.91 Å². The number of anilines is 3. The Bertz CT molecular complexity index is 986. The minimum Gasteiger partial charge on any atom is -0.347 e. The molecule has 3 rings (SSSR count). The van der Waals surface area contributed by atoms with Crippen LogP contribution in [0.3, 0.4) is 0 Å². The molecule has 0 atom stereocenters. The molecule has 3 N–H and O–H groups in total. The lowest BCUT2D eigenvalue weighted by Crippen LogP contribution is -2.24. The number of nitrogens with one attached hydrogen (secondary N) is 3. The molecule has 0 saturated heterocycles. The van der Waals surface area contributed by atoms with E-state index in [1.54, 1.807) is 18.2 Å². The number of rotatable bonds is 6. The lowest BCUT2D eigenvalue weighted by atomic mass is 10.1. The van der Waals surface area contributed by atoms with Gasteiger partial charge in [0, 0.05) is 30.9 Å². The van der Waals surface area contributed by atoms with E-state index < -0.39 is 0 Å². The van der Waals surface area contributed by atoms with Crippen LogP contribution in [-0.4, -0.2) is 21.8 Å². The smallest absolute Gasteiger partial charge is 0.270 e. The van der Waals surface area contributed by atoms with E-state index in [4.69, 9.17) is 0 Å². The van der Waals surface area contributed by atoms with Gasteiger partial charge in [0.15, 0.2) is 0 Å². The first-order valence-electron chi connectivity index (χ1n) is 8.81. The summed E-state index contributed by atoms with van der Waals surface area (Å²) in [5, 5.41) is 8.70. The monoisotopic (exact) mass is 375 g/mol. The van der Waals surface area contributed by atoms with Gasteiger partial charge in [0.25, 0.3) is 5.91 Å². The van der Waals surface area contributed by atoms with Crippen LogP contribution in [0.1, 0.15) is 28.5 Å². The maximum atomic E-state index is 12.4.